The van der Waals surface area contributed by atoms with E-state index in [0.717, 1.165) is 34.4 Å². The molecule has 4 heteroatoms. The molecular weight excluding hydrogens is 268 g/mol. The van der Waals surface area contributed by atoms with Crippen molar-refractivity contribution in [2.45, 2.75) is 59.5 Å². The first-order valence-corrected chi connectivity index (χ1v) is 7.49. The van der Waals surface area contributed by atoms with E-state index in [1.807, 2.05) is 27.7 Å². The van der Waals surface area contributed by atoms with Gasteiger partial charge in [0.15, 0.2) is 0 Å². The molecular formula is C17H24O4. The van der Waals surface area contributed by atoms with Gasteiger partial charge in [-0.3, -0.25) is 0 Å². The van der Waals surface area contributed by atoms with E-state index in [4.69, 9.17) is 9.47 Å². The second-order valence-electron chi connectivity index (χ2n) is 6.00. The van der Waals surface area contributed by atoms with Crippen LogP contribution in [0.3, 0.4) is 0 Å². The van der Waals surface area contributed by atoms with Crippen LogP contribution in [0.2, 0.25) is 0 Å². The zero-order valence-electron chi connectivity index (χ0n) is 13.5. The highest BCUT2D eigenvalue weighted by molar-refractivity contribution is 5.80. The highest BCUT2D eigenvalue weighted by Gasteiger charge is 2.42. The fraction of sp³-hybridized carbons (Fsp3) is 0.588. The lowest BCUT2D eigenvalue weighted by Crippen LogP contribution is -2.46. The monoisotopic (exact) mass is 292 g/mol. The lowest BCUT2D eigenvalue weighted by Gasteiger charge is -2.35. The van der Waals surface area contributed by atoms with Gasteiger partial charge in [-0.2, -0.15) is 0 Å². The SMILES string of the molecule is CCCOC(=O)C1(C)CCc2c(C)c(O)c(C)c(C)c2O1. The number of rotatable bonds is 3. The summed E-state index contributed by atoms with van der Waals surface area (Å²) in [5.41, 5.74) is 2.59. The number of carbonyl (C=O) groups is 1. The summed E-state index contributed by atoms with van der Waals surface area (Å²) in [4.78, 5) is 12.2. The predicted octanol–water partition coefficient (Wildman–Crippen LogP) is 3.35. The number of phenolic OH excluding ortho intramolecular Hbond substituents is 1. The van der Waals surface area contributed by atoms with Gasteiger partial charge in [0.25, 0.3) is 0 Å². The Morgan fingerprint density at radius 3 is 2.57 bits per heavy atom. The second kappa shape index (κ2) is 5.58. The summed E-state index contributed by atoms with van der Waals surface area (Å²) >= 11 is 0. The van der Waals surface area contributed by atoms with Gasteiger partial charge in [-0.1, -0.05) is 6.92 Å². The zero-order chi connectivity index (χ0) is 15.8. The molecule has 0 spiro atoms. The van der Waals surface area contributed by atoms with E-state index >= 15 is 0 Å². The number of hydrogen-bond acceptors (Lipinski definition) is 4. The molecule has 1 aromatic rings. The van der Waals surface area contributed by atoms with Gasteiger partial charge in [-0.15, -0.1) is 0 Å². The van der Waals surface area contributed by atoms with Crippen LogP contribution in [0, 0.1) is 20.8 Å². The van der Waals surface area contributed by atoms with Gasteiger partial charge in [-0.05, 0) is 57.2 Å². The first kappa shape index (κ1) is 15.7. The maximum absolute atomic E-state index is 12.2. The molecule has 1 unspecified atom stereocenters. The summed E-state index contributed by atoms with van der Waals surface area (Å²) in [6.45, 7) is 9.83. The van der Waals surface area contributed by atoms with E-state index in [0.29, 0.717) is 25.2 Å². The molecule has 4 nitrogen and oxygen atoms in total. The number of carbonyl (C=O) groups excluding carboxylic acids is 1. The van der Waals surface area contributed by atoms with E-state index in [1.165, 1.54) is 0 Å². The quantitative estimate of drug-likeness (QED) is 0.868. The molecule has 0 saturated heterocycles. The van der Waals surface area contributed by atoms with Crippen LogP contribution in [0.15, 0.2) is 0 Å². The molecule has 21 heavy (non-hydrogen) atoms. The Balaban J connectivity index is 2.38. The molecule has 0 aliphatic carbocycles. The van der Waals surface area contributed by atoms with E-state index in [-0.39, 0.29) is 5.97 Å². The lowest BCUT2D eigenvalue weighted by atomic mass is 9.87. The van der Waals surface area contributed by atoms with Crippen LogP contribution in [-0.4, -0.2) is 23.3 Å². The molecule has 2 rings (SSSR count). The van der Waals surface area contributed by atoms with Crippen LogP contribution in [0.4, 0.5) is 0 Å². The number of phenols is 1. The average Bonchev–Trinajstić information content (AvgIpc) is 2.48. The van der Waals surface area contributed by atoms with Gasteiger partial charge in [-0.25, -0.2) is 4.79 Å². The largest absolute Gasteiger partial charge is 0.507 e. The molecule has 0 amide bonds. The van der Waals surface area contributed by atoms with Gasteiger partial charge in [0.05, 0.1) is 6.61 Å². The molecule has 1 aliphatic heterocycles. The van der Waals surface area contributed by atoms with Crippen LogP contribution >= 0.6 is 0 Å². The van der Waals surface area contributed by atoms with Crippen molar-refractivity contribution in [1.29, 1.82) is 0 Å². The second-order valence-corrected chi connectivity index (χ2v) is 6.00. The molecule has 1 aliphatic rings. The first-order chi connectivity index (χ1) is 9.81. The molecule has 0 fully saturated rings. The van der Waals surface area contributed by atoms with Gasteiger partial charge in [0.1, 0.15) is 11.5 Å². The molecule has 0 saturated carbocycles. The van der Waals surface area contributed by atoms with Crippen molar-refractivity contribution in [2.24, 2.45) is 0 Å². The van der Waals surface area contributed by atoms with Gasteiger partial charge in [0.2, 0.25) is 5.60 Å². The summed E-state index contributed by atoms with van der Waals surface area (Å²) < 4.78 is 11.3. The number of ether oxygens (including phenoxy) is 2. The Bertz CT molecular complexity index is 577. The number of aromatic hydroxyl groups is 1. The third-order valence-corrected chi connectivity index (χ3v) is 4.39. The van der Waals surface area contributed by atoms with Crippen LogP contribution in [-0.2, 0) is 16.0 Å². The molecule has 1 atom stereocenters. The number of benzene rings is 1. The molecule has 0 radical (unpaired) electrons. The average molecular weight is 292 g/mol. The Kier molecular flexibility index (Phi) is 4.17. The predicted molar refractivity (Wildman–Crippen MR) is 80.9 cm³/mol. The van der Waals surface area contributed by atoms with Crippen LogP contribution in [0.25, 0.3) is 0 Å². The highest BCUT2D eigenvalue weighted by Crippen LogP contribution is 2.43. The van der Waals surface area contributed by atoms with Crippen molar-refractivity contribution in [2.75, 3.05) is 6.61 Å². The maximum atomic E-state index is 12.2. The topological polar surface area (TPSA) is 55.8 Å². The third kappa shape index (κ3) is 2.59. The van der Waals surface area contributed by atoms with Crippen molar-refractivity contribution in [3.05, 3.63) is 22.3 Å². The van der Waals surface area contributed by atoms with E-state index in [9.17, 15) is 9.90 Å². The van der Waals surface area contributed by atoms with Crippen molar-refractivity contribution < 1.29 is 19.4 Å². The van der Waals surface area contributed by atoms with E-state index in [2.05, 4.69) is 0 Å². The Hall–Kier alpha value is -1.71. The molecule has 1 heterocycles. The molecule has 116 valence electrons. The minimum atomic E-state index is -0.942. The third-order valence-electron chi connectivity index (χ3n) is 4.39. The standard InChI is InChI=1S/C17H24O4/c1-6-9-20-16(19)17(5)8-7-13-12(4)14(18)10(2)11(3)15(13)21-17/h18H,6-9H2,1-5H3. The van der Waals surface area contributed by atoms with E-state index in [1.54, 1.807) is 6.92 Å². The number of hydrogen-bond donors (Lipinski definition) is 1. The molecule has 1 aromatic carbocycles. The van der Waals surface area contributed by atoms with Gasteiger partial charge >= 0.3 is 5.97 Å². The van der Waals surface area contributed by atoms with Gasteiger partial charge < -0.3 is 14.6 Å². The van der Waals surface area contributed by atoms with Crippen molar-refractivity contribution in [1.82, 2.24) is 0 Å². The summed E-state index contributed by atoms with van der Waals surface area (Å²) in [6.07, 6.45) is 2.06. The molecule has 0 aromatic heterocycles. The van der Waals surface area contributed by atoms with Crippen molar-refractivity contribution in [3.8, 4) is 11.5 Å². The number of esters is 1. The molecule has 0 bridgehead atoms. The number of fused-ring (bicyclic) bond motifs is 1. The summed E-state index contributed by atoms with van der Waals surface area (Å²) in [7, 11) is 0. The smallest absolute Gasteiger partial charge is 0.350 e. The Morgan fingerprint density at radius 1 is 1.29 bits per heavy atom. The fourth-order valence-corrected chi connectivity index (χ4v) is 2.74. The first-order valence-electron chi connectivity index (χ1n) is 7.49. The van der Waals surface area contributed by atoms with E-state index < -0.39 is 5.60 Å². The van der Waals surface area contributed by atoms with Crippen molar-refractivity contribution in [3.63, 3.8) is 0 Å². The summed E-state index contributed by atoms with van der Waals surface area (Å²) in [6, 6.07) is 0. The highest BCUT2D eigenvalue weighted by atomic mass is 16.6. The minimum absolute atomic E-state index is 0.308. The summed E-state index contributed by atoms with van der Waals surface area (Å²) in [5, 5.41) is 10.2. The fourth-order valence-electron chi connectivity index (χ4n) is 2.74. The Labute approximate surface area is 126 Å². The van der Waals surface area contributed by atoms with Crippen LogP contribution in [0.5, 0.6) is 11.5 Å². The normalized spacial score (nSPS) is 20.6. The van der Waals surface area contributed by atoms with Crippen LogP contribution in [0.1, 0.15) is 48.9 Å². The van der Waals surface area contributed by atoms with Gasteiger partial charge in [0, 0.05) is 12.0 Å². The van der Waals surface area contributed by atoms with Crippen LogP contribution < -0.4 is 4.74 Å². The minimum Gasteiger partial charge on any atom is -0.507 e. The Morgan fingerprint density at radius 2 is 1.95 bits per heavy atom. The lowest BCUT2D eigenvalue weighted by molar-refractivity contribution is -0.162. The van der Waals surface area contributed by atoms with Crippen molar-refractivity contribution >= 4 is 5.97 Å². The summed E-state index contributed by atoms with van der Waals surface area (Å²) in [5.74, 6) is 0.745. The maximum Gasteiger partial charge on any atom is 0.350 e. The zero-order valence-corrected chi connectivity index (χ0v) is 13.5. The molecule has 1 N–H and O–H groups in total.